The molecule has 0 unspecified atom stereocenters. The molecule has 0 radical (unpaired) electrons. The number of hydrogen-bond acceptors (Lipinski definition) is 4. The molecular formula is C14H19N5O3. The van der Waals surface area contributed by atoms with Crippen molar-refractivity contribution < 1.29 is 14.7 Å². The summed E-state index contributed by atoms with van der Waals surface area (Å²) in [6.07, 6.45) is 4.83. The Balaban J connectivity index is 1.80. The van der Waals surface area contributed by atoms with Gasteiger partial charge in [0.2, 0.25) is 5.91 Å². The zero-order chi connectivity index (χ0) is 16.1. The number of hydrogen-bond donors (Lipinski definition) is 2. The third-order valence-electron chi connectivity index (χ3n) is 3.30. The highest BCUT2D eigenvalue weighted by atomic mass is 16.4. The SMILES string of the molecule is CCn1cc(CNC(=O)CCn2cc(C(=O)O)cn2)c(C)n1. The van der Waals surface area contributed by atoms with Crippen LogP contribution >= 0.6 is 0 Å². The number of aryl methyl sites for hydroxylation is 3. The van der Waals surface area contributed by atoms with Gasteiger partial charge in [-0.15, -0.1) is 0 Å². The molecule has 22 heavy (non-hydrogen) atoms. The van der Waals surface area contributed by atoms with Gasteiger partial charge in [0.05, 0.1) is 17.5 Å². The van der Waals surface area contributed by atoms with Gasteiger partial charge in [-0.05, 0) is 13.8 Å². The van der Waals surface area contributed by atoms with E-state index in [-0.39, 0.29) is 17.9 Å². The Kier molecular flexibility index (Phi) is 4.92. The molecule has 1 amide bonds. The number of carbonyl (C=O) groups is 2. The van der Waals surface area contributed by atoms with Crippen molar-refractivity contribution in [1.82, 2.24) is 24.9 Å². The maximum absolute atomic E-state index is 11.8. The van der Waals surface area contributed by atoms with Crippen LogP contribution in [0.4, 0.5) is 0 Å². The lowest BCUT2D eigenvalue weighted by Crippen LogP contribution is -2.24. The number of aromatic nitrogens is 4. The highest BCUT2D eigenvalue weighted by molar-refractivity contribution is 5.86. The first-order valence-electron chi connectivity index (χ1n) is 7.05. The fourth-order valence-corrected chi connectivity index (χ4v) is 1.99. The second-order valence-corrected chi connectivity index (χ2v) is 4.92. The quantitative estimate of drug-likeness (QED) is 0.788. The smallest absolute Gasteiger partial charge is 0.338 e. The molecule has 0 saturated heterocycles. The molecule has 0 aliphatic heterocycles. The fourth-order valence-electron chi connectivity index (χ4n) is 1.99. The molecule has 2 rings (SSSR count). The number of nitrogens with zero attached hydrogens (tertiary/aromatic N) is 4. The number of aromatic carboxylic acids is 1. The Morgan fingerprint density at radius 3 is 2.68 bits per heavy atom. The van der Waals surface area contributed by atoms with Crippen molar-refractivity contribution in [1.29, 1.82) is 0 Å². The summed E-state index contributed by atoms with van der Waals surface area (Å²) in [5.41, 5.74) is 2.01. The number of amides is 1. The first-order chi connectivity index (χ1) is 10.5. The Morgan fingerprint density at radius 2 is 2.09 bits per heavy atom. The number of carboxylic acid groups (broad SMARTS) is 1. The summed E-state index contributed by atoms with van der Waals surface area (Å²) in [7, 11) is 0. The molecule has 0 aliphatic carbocycles. The van der Waals surface area contributed by atoms with E-state index in [9.17, 15) is 9.59 Å². The molecule has 2 aromatic rings. The van der Waals surface area contributed by atoms with Crippen molar-refractivity contribution in [2.75, 3.05) is 0 Å². The van der Waals surface area contributed by atoms with Crippen LogP contribution in [0.25, 0.3) is 0 Å². The van der Waals surface area contributed by atoms with Gasteiger partial charge in [-0.2, -0.15) is 10.2 Å². The van der Waals surface area contributed by atoms with Crippen LogP contribution in [-0.4, -0.2) is 36.5 Å². The summed E-state index contributed by atoms with van der Waals surface area (Å²) < 4.78 is 3.28. The zero-order valence-corrected chi connectivity index (χ0v) is 12.6. The van der Waals surface area contributed by atoms with E-state index in [1.165, 1.54) is 17.1 Å². The normalized spacial score (nSPS) is 10.6. The van der Waals surface area contributed by atoms with E-state index >= 15 is 0 Å². The molecule has 0 aromatic carbocycles. The van der Waals surface area contributed by atoms with Crippen molar-refractivity contribution in [2.45, 2.75) is 39.9 Å². The lowest BCUT2D eigenvalue weighted by molar-refractivity contribution is -0.121. The van der Waals surface area contributed by atoms with Crippen LogP contribution in [0.2, 0.25) is 0 Å². The van der Waals surface area contributed by atoms with Gasteiger partial charge >= 0.3 is 5.97 Å². The summed E-state index contributed by atoms with van der Waals surface area (Å²) in [5.74, 6) is -1.14. The maximum atomic E-state index is 11.8. The van der Waals surface area contributed by atoms with Gasteiger partial charge in [0, 0.05) is 44.0 Å². The van der Waals surface area contributed by atoms with Crippen LogP contribution in [0, 0.1) is 6.92 Å². The number of carbonyl (C=O) groups excluding carboxylic acids is 1. The minimum atomic E-state index is -1.03. The van der Waals surface area contributed by atoms with Gasteiger partial charge in [-0.25, -0.2) is 4.79 Å². The lowest BCUT2D eigenvalue weighted by Gasteiger charge is -2.04. The van der Waals surface area contributed by atoms with Gasteiger partial charge in [-0.3, -0.25) is 14.2 Å². The molecule has 0 bridgehead atoms. The molecule has 0 fully saturated rings. The summed E-state index contributed by atoms with van der Waals surface area (Å²) >= 11 is 0. The molecule has 0 spiro atoms. The van der Waals surface area contributed by atoms with Crippen LogP contribution in [-0.2, 0) is 24.4 Å². The first kappa shape index (κ1) is 15.7. The van der Waals surface area contributed by atoms with Gasteiger partial charge in [0.15, 0.2) is 0 Å². The second-order valence-electron chi connectivity index (χ2n) is 4.92. The highest BCUT2D eigenvalue weighted by Crippen LogP contribution is 2.05. The van der Waals surface area contributed by atoms with Crippen LogP contribution in [0.1, 0.15) is 35.0 Å². The van der Waals surface area contributed by atoms with Crippen molar-refractivity contribution >= 4 is 11.9 Å². The second kappa shape index (κ2) is 6.88. The third-order valence-corrected chi connectivity index (χ3v) is 3.30. The first-order valence-corrected chi connectivity index (χ1v) is 7.05. The third kappa shape index (κ3) is 3.94. The van der Waals surface area contributed by atoms with Crippen LogP contribution < -0.4 is 5.32 Å². The monoisotopic (exact) mass is 305 g/mol. The van der Waals surface area contributed by atoms with Gasteiger partial charge < -0.3 is 10.4 Å². The molecule has 2 heterocycles. The van der Waals surface area contributed by atoms with Crippen molar-refractivity contribution in [3.8, 4) is 0 Å². The van der Waals surface area contributed by atoms with Crippen LogP contribution in [0.3, 0.4) is 0 Å². The Morgan fingerprint density at radius 1 is 1.32 bits per heavy atom. The Hall–Kier alpha value is -2.64. The van der Waals surface area contributed by atoms with E-state index in [0.29, 0.717) is 13.1 Å². The minimum absolute atomic E-state index is 0.114. The van der Waals surface area contributed by atoms with Gasteiger partial charge in [0.25, 0.3) is 0 Å². The Labute approximate surface area is 127 Å². The van der Waals surface area contributed by atoms with Crippen LogP contribution in [0.15, 0.2) is 18.6 Å². The topological polar surface area (TPSA) is 102 Å². The molecule has 0 saturated carbocycles. The largest absolute Gasteiger partial charge is 0.478 e. The van der Waals surface area contributed by atoms with E-state index in [0.717, 1.165) is 17.8 Å². The van der Waals surface area contributed by atoms with E-state index in [1.54, 1.807) is 0 Å². The minimum Gasteiger partial charge on any atom is -0.478 e. The summed E-state index contributed by atoms with van der Waals surface area (Å²) in [4.78, 5) is 22.6. The molecule has 0 aliphatic rings. The molecule has 8 nitrogen and oxygen atoms in total. The fraction of sp³-hybridized carbons (Fsp3) is 0.429. The lowest BCUT2D eigenvalue weighted by atomic mass is 10.2. The molecule has 2 N–H and O–H groups in total. The molecule has 0 atom stereocenters. The predicted molar refractivity (Wildman–Crippen MR) is 78.3 cm³/mol. The zero-order valence-electron chi connectivity index (χ0n) is 12.6. The molecule has 2 aromatic heterocycles. The summed E-state index contributed by atoms with van der Waals surface area (Å²) in [6.45, 7) is 5.48. The average Bonchev–Trinajstić information content (AvgIpc) is 3.09. The molecular weight excluding hydrogens is 286 g/mol. The van der Waals surface area contributed by atoms with Crippen molar-refractivity contribution in [2.24, 2.45) is 0 Å². The summed E-state index contributed by atoms with van der Waals surface area (Å²) in [6, 6.07) is 0. The Bertz CT molecular complexity index is 674. The van der Waals surface area contributed by atoms with Gasteiger partial charge in [0.1, 0.15) is 0 Å². The number of nitrogens with one attached hydrogen (secondary N) is 1. The maximum Gasteiger partial charge on any atom is 0.338 e. The summed E-state index contributed by atoms with van der Waals surface area (Å²) in [5, 5.41) is 19.8. The number of rotatable bonds is 7. The predicted octanol–water partition coefficient (Wildman–Crippen LogP) is 0.813. The average molecular weight is 305 g/mol. The van der Waals surface area contributed by atoms with E-state index in [1.807, 2.05) is 24.7 Å². The van der Waals surface area contributed by atoms with E-state index < -0.39 is 5.97 Å². The van der Waals surface area contributed by atoms with Crippen molar-refractivity contribution in [3.63, 3.8) is 0 Å². The highest BCUT2D eigenvalue weighted by Gasteiger charge is 2.09. The van der Waals surface area contributed by atoms with E-state index in [2.05, 4.69) is 15.5 Å². The van der Waals surface area contributed by atoms with Crippen LogP contribution in [0.5, 0.6) is 0 Å². The van der Waals surface area contributed by atoms with Gasteiger partial charge in [-0.1, -0.05) is 0 Å². The molecule has 8 heteroatoms. The number of carboxylic acids is 1. The van der Waals surface area contributed by atoms with Crippen molar-refractivity contribution in [3.05, 3.63) is 35.4 Å². The molecule has 118 valence electrons. The standard InChI is InChI=1S/C14H19N5O3/c1-3-18-8-11(10(2)17-18)6-15-13(20)4-5-19-9-12(7-16-19)14(21)22/h7-9H,3-6H2,1-2H3,(H,15,20)(H,21,22). The van der Waals surface area contributed by atoms with E-state index in [4.69, 9.17) is 5.11 Å².